The summed E-state index contributed by atoms with van der Waals surface area (Å²) in [6.07, 6.45) is 2.03. The molecule has 1 rings (SSSR count). The van der Waals surface area contributed by atoms with Crippen LogP contribution in [0.5, 0.6) is 0 Å². The lowest BCUT2D eigenvalue weighted by atomic mass is 9.98. The molecule has 0 bridgehead atoms. The topological polar surface area (TPSA) is 50.8 Å². The predicted molar refractivity (Wildman–Crippen MR) is 79.8 cm³/mol. The Hall–Kier alpha value is -0.650. The first kappa shape index (κ1) is 17.4. The van der Waals surface area contributed by atoms with Crippen LogP contribution in [-0.4, -0.2) is 62.9 Å². The molecule has 0 aromatic rings. The normalized spacial score (nSPS) is 21.6. The highest BCUT2D eigenvalue weighted by Crippen LogP contribution is 2.15. The number of nitrogens with one attached hydrogen (secondary N) is 1. The highest BCUT2D eigenvalue weighted by Gasteiger charge is 2.20. The van der Waals surface area contributed by atoms with E-state index in [-0.39, 0.29) is 5.91 Å². The number of nitrogens with zero attached hydrogens (tertiary/aromatic N) is 1. The molecule has 1 aliphatic heterocycles. The van der Waals surface area contributed by atoms with Crippen LogP contribution in [-0.2, 0) is 14.3 Å². The van der Waals surface area contributed by atoms with Crippen LogP contribution in [0.3, 0.4) is 0 Å². The standard InChI is InChI=1S/C15H30N2O3/c1-4-17-8-6-7-14(12-17)11-16-15(18)13(3)20-10-9-19-5-2/h13-14H,4-12H2,1-3H3,(H,16,18). The van der Waals surface area contributed by atoms with Crippen molar-refractivity contribution in [3.63, 3.8) is 0 Å². The van der Waals surface area contributed by atoms with E-state index in [9.17, 15) is 4.79 Å². The Morgan fingerprint density at radius 2 is 2.20 bits per heavy atom. The molecule has 1 N–H and O–H groups in total. The number of carbonyl (C=O) groups excluding carboxylic acids is 1. The second-order valence-electron chi connectivity index (χ2n) is 5.36. The van der Waals surface area contributed by atoms with Crippen molar-refractivity contribution in [1.82, 2.24) is 10.2 Å². The third-order valence-corrected chi connectivity index (χ3v) is 3.78. The van der Waals surface area contributed by atoms with Gasteiger partial charge < -0.3 is 19.7 Å². The van der Waals surface area contributed by atoms with Crippen LogP contribution in [0.1, 0.15) is 33.6 Å². The van der Waals surface area contributed by atoms with Gasteiger partial charge in [0.25, 0.3) is 0 Å². The van der Waals surface area contributed by atoms with Gasteiger partial charge in [0.05, 0.1) is 13.2 Å². The fourth-order valence-electron chi connectivity index (χ4n) is 2.50. The monoisotopic (exact) mass is 286 g/mol. The van der Waals surface area contributed by atoms with Crippen LogP contribution in [0.4, 0.5) is 0 Å². The van der Waals surface area contributed by atoms with Gasteiger partial charge in [-0.05, 0) is 45.7 Å². The Morgan fingerprint density at radius 3 is 2.90 bits per heavy atom. The molecule has 0 radical (unpaired) electrons. The molecular weight excluding hydrogens is 256 g/mol. The van der Waals surface area contributed by atoms with Gasteiger partial charge in [0.1, 0.15) is 6.10 Å². The average Bonchev–Trinajstić information content (AvgIpc) is 2.49. The molecule has 20 heavy (non-hydrogen) atoms. The molecule has 2 unspecified atom stereocenters. The number of likely N-dealkylation sites (tertiary alicyclic amines) is 1. The molecule has 0 spiro atoms. The molecule has 1 amide bonds. The molecule has 1 fully saturated rings. The molecule has 0 aromatic heterocycles. The Labute approximate surface area is 123 Å². The number of ether oxygens (including phenoxy) is 2. The van der Waals surface area contributed by atoms with Crippen LogP contribution >= 0.6 is 0 Å². The van der Waals surface area contributed by atoms with E-state index in [2.05, 4.69) is 17.1 Å². The predicted octanol–water partition coefficient (Wildman–Crippen LogP) is 1.28. The number of rotatable bonds is 9. The molecule has 1 aliphatic rings. The minimum Gasteiger partial charge on any atom is -0.379 e. The summed E-state index contributed by atoms with van der Waals surface area (Å²) in [5, 5.41) is 3.01. The maximum atomic E-state index is 11.9. The van der Waals surface area contributed by atoms with Crippen LogP contribution in [0.15, 0.2) is 0 Å². The Morgan fingerprint density at radius 1 is 1.40 bits per heavy atom. The first-order chi connectivity index (χ1) is 9.67. The van der Waals surface area contributed by atoms with Crippen molar-refractivity contribution in [3.8, 4) is 0 Å². The summed E-state index contributed by atoms with van der Waals surface area (Å²) < 4.78 is 10.6. The summed E-state index contributed by atoms with van der Waals surface area (Å²) in [6.45, 7) is 11.8. The molecule has 5 heteroatoms. The maximum absolute atomic E-state index is 11.9. The molecule has 118 valence electrons. The van der Waals surface area contributed by atoms with Gasteiger partial charge in [0.15, 0.2) is 0 Å². The zero-order valence-electron chi connectivity index (χ0n) is 13.2. The second kappa shape index (κ2) is 10.1. The van der Waals surface area contributed by atoms with E-state index in [0.717, 1.165) is 19.6 Å². The second-order valence-corrected chi connectivity index (χ2v) is 5.36. The summed E-state index contributed by atoms with van der Waals surface area (Å²) in [5.41, 5.74) is 0. The van der Waals surface area contributed by atoms with Crippen molar-refractivity contribution in [2.24, 2.45) is 5.92 Å². The third-order valence-electron chi connectivity index (χ3n) is 3.78. The molecule has 1 heterocycles. The van der Waals surface area contributed by atoms with Crippen molar-refractivity contribution in [1.29, 1.82) is 0 Å². The van der Waals surface area contributed by atoms with Crippen LogP contribution in [0.2, 0.25) is 0 Å². The lowest BCUT2D eigenvalue weighted by Crippen LogP contribution is -2.43. The summed E-state index contributed by atoms with van der Waals surface area (Å²) in [6, 6.07) is 0. The summed E-state index contributed by atoms with van der Waals surface area (Å²) in [5.74, 6) is 0.554. The van der Waals surface area contributed by atoms with E-state index in [1.54, 1.807) is 6.92 Å². The number of amides is 1. The van der Waals surface area contributed by atoms with E-state index in [1.807, 2.05) is 6.92 Å². The van der Waals surface area contributed by atoms with E-state index < -0.39 is 6.10 Å². The smallest absolute Gasteiger partial charge is 0.248 e. The summed E-state index contributed by atoms with van der Waals surface area (Å²) >= 11 is 0. The largest absolute Gasteiger partial charge is 0.379 e. The quantitative estimate of drug-likeness (QED) is 0.649. The van der Waals surface area contributed by atoms with Gasteiger partial charge in [-0.1, -0.05) is 6.92 Å². The van der Waals surface area contributed by atoms with E-state index >= 15 is 0 Å². The van der Waals surface area contributed by atoms with Crippen molar-refractivity contribution < 1.29 is 14.3 Å². The molecular formula is C15H30N2O3. The number of piperidine rings is 1. The van der Waals surface area contributed by atoms with Crippen LogP contribution in [0, 0.1) is 5.92 Å². The zero-order valence-corrected chi connectivity index (χ0v) is 13.2. The fourth-order valence-corrected chi connectivity index (χ4v) is 2.50. The van der Waals surface area contributed by atoms with Gasteiger partial charge in [-0.2, -0.15) is 0 Å². The minimum atomic E-state index is -0.402. The zero-order chi connectivity index (χ0) is 14.8. The van der Waals surface area contributed by atoms with Crippen molar-refractivity contribution >= 4 is 5.91 Å². The number of carbonyl (C=O) groups is 1. The average molecular weight is 286 g/mol. The summed E-state index contributed by atoms with van der Waals surface area (Å²) in [4.78, 5) is 14.4. The summed E-state index contributed by atoms with van der Waals surface area (Å²) in [7, 11) is 0. The Kier molecular flexibility index (Phi) is 8.82. The Balaban J connectivity index is 2.14. The van der Waals surface area contributed by atoms with Crippen LogP contribution in [0.25, 0.3) is 0 Å². The molecule has 0 saturated carbocycles. The molecule has 5 nitrogen and oxygen atoms in total. The molecule has 1 saturated heterocycles. The van der Waals surface area contributed by atoms with Crippen molar-refractivity contribution in [3.05, 3.63) is 0 Å². The van der Waals surface area contributed by atoms with Gasteiger partial charge in [0.2, 0.25) is 5.91 Å². The Bertz CT molecular complexity index is 274. The lowest BCUT2D eigenvalue weighted by Gasteiger charge is -2.32. The minimum absolute atomic E-state index is 0.0184. The van der Waals surface area contributed by atoms with E-state index in [4.69, 9.17) is 9.47 Å². The first-order valence-corrected chi connectivity index (χ1v) is 7.86. The first-order valence-electron chi connectivity index (χ1n) is 7.86. The highest BCUT2D eigenvalue weighted by atomic mass is 16.5. The lowest BCUT2D eigenvalue weighted by molar-refractivity contribution is -0.132. The van der Waals surface area contributed by atoms with E-state index in [1.165, 1.54) is 19.4 Å². The van der Waals surface area contributed by atoms with Gasteiger partial charge in [-0.3, -0.25) is 4.79 Å². The fraction of sp³-hybridized carbons (Fsp3) is 0.933. The number of hydrogen-bond acceptors (Lipinski definition) is 4. The van der Waals surface area contributed by atoms with Gasteiger partial charge in [0, 0.05) is 19.7 Å². The molecule has 2 atom stereocenters. The van der Waals surface area contributed by atoms with Crippen molar-refractivity contribution in [2.75, 3.05) is 46.0 Å². The third kappa shape index (κ3) is 6.68. The maximum Gasteiger partial charge on any atom is 0.248 e. The molecule has 0 aliphatic carbocycles. The van der Waals surface area contributed by atoms with E-state index in [0.29, 0.717) is 25.7 Å². The number of hydrogen-bond donors (Lipinski definition) is 1. The molecule has 0 aromatic carbocycles. The van der Waals surface area contributed by atoms with Gasteiger partial charge >= 0.3 is 0 Å². The van der Waals surface area contributed by atoms with Crippen molar-refractivity contribution in [2.45, 2.75) is 39.7 Å². The van der Waals surface area contributed by atoms with Gasteiger partial charge in [-0.15, -0.1) is 0 Å². The van der Waals surface area contributed by atoms with Crippen LogP contribution < -0.4 is 5.32 Å². The highest BCUT2D eigenvalue weighted by molar-refractivity contribution is 5.80. The van der Waals surface area contributed by atoms with Gasteiger partial charge in [-0.25, -0.2) is 0 Å². The SMILES string of the molecule is CCOCCOC(C)C(=O)NCC1CCCN(CC)C1.